The van der Waals surface area contributed by atoms with Gasteiger partial charge in [0.25, 0.3) is 5.91 Å². The number of carbonyl (C=O) groups is 2. The second kappa shape index (κ2) is 7.59. The number of hydrogen-bond donors (Lipinski definition) is 2. The Kier molecular flexibility index (Phi) is 5.38. The van der Waals surface area contributed by atoms with Crippen molar-refractivity contribution < 1.29 is 13.8 Å². The van der Waals surface area contributed by atoms with E-state index in [-0.39, 0.29) is 17.4 Å². The summed E-state index contributed by atoms with van der Waals surface area (Å²) in [4.78, 5) is 24.4. The van der Waals surface area contributed by atoms with Crippen LogP contribution in [0, 0.1) is 0 Å². The van der Waals surface area contributed by atoms with Crippen molar-refractivity contribution in [1.82, 2.24) is 9.88 Å². The molecule has 1 aromatic heterocycles. The Hall–Kier alpha value is -2.93. The highest BCUT2D eigenvalue weighted by Gasteiger charge is 2.15. The molecule has 0 aliphatic heterocycles. The van der Waals surface area contributed by atoms with Crippen LogP contribution in [0.25, 0.3) is 10.9 Å². The zero-order valence-electron chi connectivity index (χ0n) is 16.3. The lowest BCUT2D eigenvalue weighted by atomic mass is 10.1. The second-order valence-electron chi connectivity index (χ2n) is 7.58. The van der Waals surface area contributed by atoms with E-state index in [2.05, 4.69) is 10.0 Å². The van der Waals surface area contributed by atoms with Crippen molar-refractivity contribution in [3.63, 3.8) is 0 Å². The zero-order valence-corrected chi connectivity index (χ0v) is 17.1. The third-order valence-electron chi connectivity index (χ3n) is 4.06. The van der Waals surface area contributed by atoms with Crippen molar-refractivity contribution >= 4 is 39.4 Å². The molecule has 0 fully saturated rings. The maximum Gasteiger partial charge on any atom is 0.251 e. The number of hydrogen-bond acceptors (Lipinski definition) is 3. The van der Waals surface area contributed by atoms with Gasteiger partial charge in [0.1, 0.15) is 11.0 Å². The van der Waals surface area contributed by atoms with Gasteiger partial charge in [-0.2, -0.15) is 0 Å². The molecule has 1 unspecified atom stereocenters. The minimum atomic E-state index is -1.47. The molecule has 3 aromatic rings. The van der Waals surface area contributed by atoms with E-state index in [1.54, 1.807) is 53.2 Å². The smallest absolute Gasteiger partial charge is 0.251 e. The largest absolute Gasteiger partial charge is 0.347 e. The quantitative estimate of drug-likeness (QED) is 0.699. The van der Waals surface area contributed by atoms with Gasteiger partial charge >= 0.3 is 0 Å². The number of aromatic nitrogens is 1. The highest BCUT2D eigenvalue weighted by molar-refractivity contribution is 7.86. The van der Waals surface area contributed by atoms with E-state index >= 15 is 0 Å². The number of amides is 1. The Bertz CT molecular complexity index is 1060. The van der Waals surface area contributed by atoms with Crippen LogP contribution in [0.3, 0.4) is 0 Å². The number of anilines is 1. The molecule has 0 aliphatic rings. The summed E-state index contributed by atoms with van der Waals surface area (Å²) in [6.45, 7) is 7.26. The van der Waals surface area contributed by atoms with Crippen LogP contribution in [-0.4, -0.2) is 26.1 Å². The molecule has 1 heterocycles. The summed E-state index contributed by atoms with van der Waals surface area (Å²) in [5, 5.41) is 3.75. The van der Waals surface area contributed by atoms with Crippen molar-refractivity contribution in [2.24, 2.45) is 0 Å². The molecule has 2 N–H and O–H groups in total. The highest BCUT2D eigenvalue weighted by atomic mass is 32.2. The molecule has 0 spiro atoms. The monoisotopic (exact) mass is 397 g/mol. The minimum absolute atomic E-state index is 0.0717. The van der Waals surface area contributed by atoms with Crippen molar-refractivity contribution in [3.8, 4) is 0 Å². The maximum atomic E-state index is 12.7. The van der Waals surface area contributed by atoms with Crippen molar-refractivity contribution in [3.05, 3.63) is 60.3 Å². The Morgan fingerprint density at radius 2 is 1.68 bits per heavy atom. The number of nitrogens with one attached hydrogen (secondary N) is 2. The molecule has 6 nitrogen and oxygen atoms in total. The van der Waals surface area contributed by atoms with Crippen LogP contribution in [0.1, 0.15) is 42.8 Å². The first-order chi connectivity index (χ1) is 13.1. The summed E-state index contributed by atoms with van der Waals surface area (Å²) in [5.41, 5.74) is 1.66. The molecular formula is C21H23N3O3S. The van der Waals surface area contributed by atoms with E-state index < -0.39 is 11.0 Å². The molecule has 0 radical (unpaired) electrons. The summed E-state index contributed by atoms with van der Waals surface area (Å²) in [6.07, 6.45) is 1.70. The van der Waals surface area contributed by atoms with Crippen LogP contribution in [0.15, 0.2) is 59.6 Å². The fraction of sp³-hybridized carbons (Fsp3) is 0.238. The van der Waals surface area contributed by atoms with Crippen LogP contribution in [0.2, 0.25) is 0 Å². The number of carbonyl (C=O) groups excluding carboxylic acids is 2. The Balaban J connectivity index is 1.73. The second-order valence-corrected chi connectivity index (χ2v) is 8.79. The van der Waals surface area contributed by atoms with Crippen molar-refractivity contribution in [2.45, 2.75) is 38.1 Å². The molecule has 0 saturated carbocycles. The van der Waals surface area contributed by atoms with Crippen LogP contribution < -0.4 is 10.0 Å². The lowest BCUT2D eigenvalue weighted by Gasteiger charge is -2.20. The predicted octanol–water partition coefficient (Wildman–Crippen LogP) is 3.96. The van der Waals surface area contributed by atoms with Gasteiger partial charge in [0, 0.05) is 35.3 Å². The van der Waals surface area contributed by atoms with Gasteiger partial charge in [0.2, 0.25) is 5.91 Å². The van der Waals surface area contributed by atoms with E-state index in [0.29, 0.717) is 16.1 Å². The average molecular weight is 398 g/mol. The van der Waals surface area contributed by atoms with Crippen LogP contribution in [0.5, 0.6) is 0 Å². The highest BCUT2D eigenvalue weighted by Crippen LogP contribution is 2.21. The number of nitrogens with zero attached hydrogens (tertiary/aromatic N) is 1. The molecule has 0 saturated heterocycles. The Morgan fingerprint density at radius 1 is 1.00 bits per heavy atom. The third-order valence-corrected chi connectivity index (χ3v) is 5.16. The van der Waals surface area contributed by atoms with Gasteiger partial charge in [-0.05, 0) is 69.3 Å². The molecular weight excluding hydrogens is 374 g/mol. The Labute approximate surface area is 166 Å². The van der Waals surface area contributed by atoms with Crippen molar-refractivity contribution in [2.75, 3.05) is 4.72 Å². The van der Waals surface area contributed by atoms with Gasteiger partial charge in [-0.25, -0.2) is 4.21 Å². The molecule has 3 rings (SSSR count). The fourth-order valence-electron chi connectivity index (χ4n) is 2.78. The minimum Gasteiger partial charge on any atom is -0.347 e. The van der Waals surface area contributed by atoms with Crippen LogP contribution in [0.4, 0.5) is 5.69 Å². The van der Waals surface area contributed by atoms with E-state index in [9.17, 15) is 13.8 Å². The molecule has 28 heavy (non-hydrogen) atoms. The summed E-state index contributed by atoms with van der Waals surface area (Å²) in [6, 6.07) is 14.0. The summed E-state index contributed by atoms with van der Waals surface area (Å²) in [5.74, 6) is -0.224. The van der Waals surface area contributed by atoms with Gasteiger partial charge in [0.15, 0.2) is 0 Å². The lowest BCUT2D eigenvalue weighted by molar-refractivity contribution is 0.0916. The normalized spacial score (nSPS) is 12.6. The summed E-state index contributed by atoms with van der Waals surface area (Å²) in [7, 11) is -1.47. The molecule has 1 atom stereocenters. The first-order valence-electron chi connectivity index (χ1n) is 8.87. The first kappa shape index (κ1) is 19.8. The van der Waals surface area contributed by atoms with Gasteiger partial charge in [0.05, 0.1) is 10.4 Å². The lowest BCUT2D eigenvalue weighted by Crippen LogP contribution is -2.40. The van der Waals surface area contributed by atoms with Crippen LogP contribution in [-0.2, 0) is 11.0 Å². The fourth-order valence-corrected chi connectivity index (χ4v) is 3.67. The molecule has 2 aromatic carbocycles. The van der Waals surface area contributed by atoms with Crippen molar-refractivity contribution in [1.29, 1.82) is 0 Å². The first-order valence-corrected chi connectivity index (χ1v) is 10.0. The summed E-state index contributed by atoms with van der Waals surface area (Å²) >= 11 is 0. The van der Waals surface area contributed by atoms with Gasteiger partial charge in [-0.3, -0.25) is 14.2 Å². The standard InChI is InChI=1S/C21H23N3O3S/c1-14(25)24-12-11-16-13-18(9-10-19(16)24)28(27)23-17-7-5-15(6-8-17)20(26)22-21(2,3)4/h5-13,23H,1-4H3,(H,22,26). The molecule has 1 amide bonds. The molecule has 7 heteroatoms. The summed E-state index contributed by atoms with van der Waals surface area (Å²) < 4.78 is 17.1. The average Bonchev–Trinajstić information content (AvgIpc) is 3.04. The molecule has 146 valence electrons. The predicted molar refractivity (Wildman–Crippen MR) is 112 cm³/mol. The topological polar surface area (TPSA) is 80.2 Å². The molecule has 0 bridgehead atoms. The van der Waals surface area contributed by atoms with E-state index in [1.807, 2.05) is 26.8 Å². The van der Waals surface area contributed by atoms with E-state index in [4.69, 9.17) is 0 Å². The Morgan fingerprint density at radius 3 is 2.29 bits per heavy atom. The molecule has 0 aliphatic carbocycles. The van der Waals surface area contributed by atoms with Gasteiger partial charge in [-0.1, -0.05) is 0 Å². The van der Waals surface area contributed by atoms with Gasteiger partial charge < -0.3 is 10.0 Å². The number of rotatable bonds is 4. The van der Waals surface area contributed by atoms with Crippen LogP contribution >= 0.6 is 0 Å². The number of fused-ring (bicyclic) bond motifs is 1. The van der Waals surface area contributed by atoms with E-state index in [1.165, 1.54) is 6.92 Å². The SMILES string of the molecule is CC(=O)n1ccc2cc(S(=O)Nc3ccc(C(=O)NC(C)(C)C)cc3)ccc21. The number of benzene rings is 2. The van der Waals surface area contributed by atoms with Gasteiger partial charge in [-0.15, -0.1) is 0 Å². The zero-order chi connectivity index (χ0) is 20.5. The maximum absolute atomic E-state index is 12.7. The third kappa shape index (κ3) is 4.48. The van der Waals surface area contributed by atoms with E-state index in [0.717, 1.165) is 10.9 Å².